The van der Waals surface area contributed by atoms with Gasteiger partial charge in [-0.25, -0.2) is 13.4 Å². The Balaban J connectivity index is 1.61. The Morgan fingerprint density at radius 3 is 2.45 bits per heavy atom. The molecule has 0 saturated carbocycles. The molecule has 0 aliphatic heterocycles. The Morgan fingerprint density at radius 2 is 1.81 bits per heavy atom. The summed E-state index contributed by atoms with van der Waals surface area (Å²) in [6.45, 7) is 1.61. The zero-order chi connectivity index (χ0) is 22.4. The molecule has 0 fully saturated rings. The van der Waals surface area contributed by atoms with E-state index >= 15 is 0 Å². The molecule has 0 radical (unpaired) electrons. The van der Waals surface area contributed by atoms with E-state index in [-0.39, 0.29) is 11.4 Å². The van der Waals surface area contributed by atoms with Gasteiger partial charge in [0.25, 0.3) is 0 Å². The minimum Gasteiger partial charge on any atom is -0.493 e. The number of aryl methyl sites for hydroxylation is 1. The second-order valence-electron chi connectivity index (χ2n) is 6.76. The van der Waals surface area contributed by atoms with E-state index in [1.54, 1.807) is 43.5 Å². The fourth-order valence-electron chi connectivity index (χ4n) is 2.75. The SMILES string of the molecule is COc1cc(C)ccc1Oc1ccc(NC(=O)CN(C)S(=O)(=O)c2ccccc2)cn1. The highest BCUT2D eigenvalue weighted by atomic mass is 32.2. The second-order valence-corrected chi connectivity index (χ2v) is 8.81. The van der Waals surface area contributed by atoms with E-state index in [0.717, 1.165) is 9.87 Å². The summed E-state index contributed by atoms with van der Waals surface area (Å²) < 4.78 is 37.1. The zero-order valence-electron chi connectivity index (χ0n) is 17.4. The van der Waals surface area contributed by atoms with Crippen molar-refractivity contribution < 1.29 is 22.7 Å². The van der Waals surface area contributed by atoms with Crippen LogP contribution in [0.5, 0.6) is 17.4 Å². The maximum Gasteiger partial charge on any atom is 0.243 e. The van der Waals surface area contributed by atoms with Crippen LogP contribution in [-0.4, -0.2) is 44.3 Å². The summed E-state index contributed by atoms with van der Waals surface area (Å²) in [7, 11) is -0.841. The van der Waals surface area contributed by atoms with Gasteiger partial charge in [0.2, 0.25) is 21.8 Å². The van der Waals surface area contributed by atoms with Crippen molar-refractivity contribution in [3.8, 4) is 17.4 Å². The van der Waals surface area contributed by atoms with Crippen LogP contribution in [0.1, 0.15) is 5.56 Å². The topological polar surface area (TPSA) is 97.8 Å². The van der Waals surface area contributed by atoms with Gasteiger partial charge in [0, 0.05) is 13.1 Å². The lowest BCUT2D eigenvalue weighted by atomic mass is 10.2. The number of rotatable bonds is 8. The lowest BCUT2D eigenvalue weighted by Crippen LogP contribution is -2.34. The average Bonchev–Trinajstić information content (AvgIpc) is 2.76. The number of carbonyl (C=O) groups is 1. The predicted octanol–water partition coefficient (Wildman–Crippen LogP) is 3.45. The van der Waals surface area contributed by atoms with Crippen molar-refractivity contribution in [2.45, 2.75) is 11.8 Å². The molecule has 1 heterocycles. The normalized spacial score (nSPS) is 11.2. The Hall–Kier alpha value is -3.43. The molecule has 0 saturated heterocycles. The number of methoxy groups -OCH3 is 1. The molecular formula is C22H23N3O5S. The van der Waals surface area contributed by atoms with E-state index in [2.05, 4.69) is 10.3 Å². The highest BCUT2D eigenvalue weighted by Crippen LogP contribution is 2.31. The van der Waals surface area contributed by atoms with Gasteiger partial charge in [-0.2, -0.15) is 4.31 Å². The number of nitrogens with zero attached hydrogens (tertiary/aromatic N) is 2. The van der Waals surface area contributed by atoms with Crippen LogP contribution in [0.3, 0.4) is 0 Å². The van der Waals surface area contributed by atoms with Crippen LogP contribution in [0.2, 0.25) is 0 Å². The number of carbonyl (C=O) groups excluding carboxylic acids is 1. The number of nitrogens with one attached hydrogen (secondary N) is 1. The third kappa shape index (κ3) is 5.59. The number of anilines is 1. The van der Waals surface area contributed by atoms with E-state index in [1.807, 2.05) is 19.1 Å². The molecule has 0 bridgehead atoms. The summed E-state index contributed by atoms with van der Waals surface area (Å²) in [4.78, 5) is 16.6. The van der Waals surface area contributed by atoms with Crippen LogP contribution in [0.15, 0.2) is 71.8 Å². The molecule has 3 rings (SSSR count). The quantitative estimate of drug-likeness (QED) is 0.575. The van der Waals surface area contributed by atoms with Gasteiger partial charge in [-0.1, -0.05) is 24.3 Å². The van der Waals surface area contributed by atoms with Crippen LogP contribution < -0.4 is 14.8 Å². The smallest absolute Gasteiger partial charge is 0.243 e. The summed E-state index contributed by atoms with van der Waals surface area (Å²) in [6.07, 6.45) is 1.43. The number of ether oxygens (including phenoxy) is 2. The summed E-state index contributed by atoms with van der Waals surface area (Å²) in [5, 5.41) is 2.63. The highest BCUT2D eigenvalue weighted by molar-refractivity contribution is 7.89. The van der Waals surface area contributed by atoms with Gasteiger partial charge in [0.15, 0.2) is 11.5 Å². The Labute approximate surface area is 181 Å². The first-order valence-corrected chi connectivity index (χ1v) is 10.8. The van der Waals surface area contributed by atoms with Gasteiger partial charge in [-0.05, 0) is 42.8 Å². The highest BCUT2D eigenvalue weighted by Gasteiger charge is 2.22. The molecule has 3 aromatic rings. The van der Waals surface area contributed by atoms with Gasteiger partial charge < -0.3 is 14.8 Å². The van der Waals surface area contributed by atoms with Crippen molar-refractivity contribution in [3.63, 3.8) is 0 Å². The number of hydrogen-bond acceptors (Lipinski definition) is 6. The lowest BCUT2D eigenvalue weighted by molar-refractivity contribution is -0.116. The largest absolute Gasteiger partial charge is 0.493 e. The van der Waals surface area contributed by atoms with Crippen molar-refractivity contribution in [3.05, 3.63) is 72.4 Å². The van der Waals surface area contributed by atoms with Crippen molar-refractivity contribution in [2.75, 3.05) is 26.0 Å². The van der Waals surface area contributed by atoms with Gasteiger partial charge in [0.1, 0.15) is 0 Å². The Morgan fingerprint density at radius 1 is 1.06 bits per heavy atom. The number of amides is 1. The standard InChI is InChI=1S/C22H23N3O5S/c1-16-9-11-19(20(13-16)29-3)30-22-12-10-17(14-23-22)24-21(26)15-25(2)31(27,28)18-7-5-4-6-8-18/h4-14H,15H2,1-3H3,(H,24,26). The molecule has 1 N–H and O–H groups in total. The number of benzene rings is 2. The van der Waals surface area contributed by atoms with Crippen LogP contribution >= 0.6 is 0 Å². The fourth-order valence-corrected chi connectivity index (χ4v) is 3.89. The molecule has 162 valence electrons. The first kappa shape index (κ1) is 22.3. The first-order valence-electron chi connectivity index (χ1n) is 9.39. The molecule has 0 spiro atoms. The van der Waals surface area contributed by atoms with E-state index < -0.39 is 15.9 Å². The molecule has 1 amide bonds. The molecule has 31 heavy (non-hydrogen) atoms. The molecule has 0 aliphatic rings. The van der Waals surface area contributed by atoms with Crippen LogP contribution in [-0.2, 0) is 14.8 Å². The Bertz CT molecular complexity index is 1150. The van der Waals surface area contributed by atoms with E-state index in [9.17, 15) is 13.2 Å². The summed E-state index contributed by atoms with van der Waals surface area (Å²) in [6, 6.07) is 16.7. The van der Waals surface area contributed by atoms with E-state index in [4.69, 9.17) is 9.47 Å². The molecule has 9 heteroatoms. The van der Waals surface area contributed by atoms with E-state index in [0.29, 0.717) is 23.1 Å². The molecule has 0 aliphatic carbocycles. The third-order valence-electron chi connectivity index (χ3n) is 4.37. The minimum atomic E-state index is -3.75. The summed E-state index contributed by atoms with van der Waals surface area (Å²) in [5.41, 5.74) is 1.45. The predicted molar refractivity (Wildman–Crippen MR) is 117 cm³/mol. The van der Waals surface area contributed by atoms with Crippen molar-refractivity contribution in [2.24, 2.45) is 0 Å². The van der Waals surface area contributed by atoms with Gasteiger partial charge >= 0.3 is 0 Å². The number of sulfonamides is 1. The average molecular weight is 442 g/mol. The van der Waals surface area contributed by atoms with Crippen LogP contribution in [0, 0.1) is 6.92 Å². The number of aromatic nitrogens is 1. The molecule has 1 aromatic heterocycles. The molecule has 0 atom stereocenters. The molecular weight excluding hydrogens is 418 g/mol. The van der Waals surface area contributed by atoms with Gasteiger partial charge in [-0.15, -0.1) is 0 Å². The van der Waals surface area contributed by atoms with Crippen LogP contribution in [0.25, 0.3) is 0 Å². The molecule has 8 nitrogen and oxygen atoms in total. The fraction of sp³-hybridized carbons (Fsp3) is 0.182. The maximum absolute atomic E-state index is 12.5. The minimum absolute atomic E-state index is 0.125. The van der Waals surface area contributed by atoms with Crippen molar-refractivity contribution >= 4 is 21.6 Å². The first-order chi connectivity index (χ1) is 14.8. The van der Waals surface area contributed by atoms with E-state index in [1.165, 1.54) is 25.4 Å². The number of pyridine rings is 1. The molecule has 2 aromatic carbocycles. The summed E-state index contributed by atoms with van der Waals surface area (Å²) >= 11 is 0. The number of likely N-dealkylation sites (N-methyl/N-ethyl adjacent to an activating group) is 1. The zero-order valence-corrected chi connectivity index (χ0v) is 18.2. The van der Waals surface area contributed by atoms with Crippen LogP contribution in [0.4, 0.5) is 5.69 Å². The van der Waals surface area contributed by atoms with Gasteiger partial charge in [0.05, 0.1) is 30.4 Å². The van der Waals surface area contributed by atoms with Gasteiger partial charge in [-0.3, -0.25) is 4.79 Å². The number of hydrogen-bond donors (Lipinski definition) is 1. The summed E-state index contributed by atoms with van der Waals surface area (Å²) in [5.74, 6) is 0.938. The van der Waals surface area contributed by atoms with Crippen molar-refractivity contribution in [1.82, 2.24) is 9.29 Å². The molecule has 0 unspecified atom stereocenters. The second kappa shape index (κ2) is 9.59. The monoisotopic (exact) mass is 441 g/mol. The Kier molecular flexibility index (Phi) is 6.88. The lowest BCUT2D eigenvalue weighted by Gasteiger charge is -2.17. The van der Waals surface area contributed by atoms with Crippen molar-refractivity contribution in [1.29, 1.82) is 0 Å². The maximum atomic E-state index is 12.5. The third-order valence-corrected chi connectivity index (χ3v) is 6.19.